The van der Waals surface area contributed by atoms with Crippen LogP contribution in [0.25, 0.3) is 5.57 Å². The Morgan fingerprint density at radius 2 is 1.87 bits per heavy atom. The van der Waals surface area contributed by atoms with Crippen LogP contribution in [-0.4, -0.2) is 28.1 Å². The van der Waals surface area contributed by atoms with Crippen LogP contribution in [0.5, 0.6) is 5.75 Å². The van der Waals surface area contributed by atoms with Crippen molar-refractivity contribution in [1.82, 2.24) is 0 Å². The average molecular weight is 468 g/mol. The van der Waals surface area contributed by atoms with E-state index in [0.717, 1.165) is 12.1 Å². The second-order valence-corrected chi connectivity index (χ2v) is 8.39. The summed E-state index contributed by atoms with van der Waals surface area (Å²) >= 11 is 6.10. The first kappa shape index (κ1) is 22.5. The zero-order valence-corrected chi connectivity index (χ0v) is 17.7. The van der Waals surface area contributed by atoms with Gasteiger partial charge in [0.25, 0.3) is 10.0 Å². The molecule has 0 amide bonds. The van der Waals surface area contributed by atoms with Crippen LogP contribution in [0.3, 0.4) is 0 Å². The molecule has 1 aliphatic rings. The number of anilines is 1. The Bertz CT molecular complexity index is 1250. The summed E-state index contributed by atoms with van der Waals surface area (Å²) < 4.78 is 67.4. The van der Waals surface area contributed by atoms with Crippen molar-refractivity contribution in [2.45, 2.75) is 4.90 Å². The van der Waals surface area contributed by atoms with Crippen molar-refractivity contribution in [2.24, 2.45) is 0 Å². The van der Waals surface area contributed by atoms with E-state index >= 15 is 0 Å². The van der Waals surface area contributed by atoms with Crippen molar-refractivity contribution >= 4 is 38.9 Å². The van der Waals surface area contributed by atoms with Gasteiger partial charge in [-0.1, -0.05) is 36.9 Å². The number of carbonyl (C=O) groups excluding carboxylic acids is 1. The Kier molecular flexibility index (Phi) is 6.19. The summed E-state index contributed by atoms with van der Waals surface area (Å²) in [5.41, 5.74) is -0.485. The molecule has 0 atom stereocenters. The van der Waals surface area contributed by atoms with Gasteiger partial charge in [0.1, 0.15) is 23.1 Å². The van der Waals surface area contributed by atoms with E-state index in [0.29, 0.717) is 6.07 Å². The predicted molar refractivity (Wildman–Crippen MR) is 113 cm³/mol. The van der Waals surface area contributed by atoms with Crippen molar-refractivity contribution in [3.8, 4) is 5.75 Å². The van der Waals surface area contributed by atoms with E-state index in [-0.39, 0.29) is 39.7 Å². The number of nitrogens with one attached hydrogen (secondary N) is 1. The third kappa shape index (κ3) is 4.19. The predicted octanol–water partition coefficient (Wildman–Crippen LogP) is 4.72. The lowest BCUT2D eigenvalue weighted by molar-refractivity contribution is 0.0543. The van der Waals surface area contributed by atoms with Crippen LogP contribution < -0.4 is 9.46 Å². The number of halogens is 3. The average Bonchev–Trinajstić information content (AvgIpc) is 2.72. The van der Waals surface area contributed by atoms with Crippen LogP contribution in [0, 0.1) is 11.6 Å². The molecule has 0 aliphatic carbocycles. The molecule has 3 rings (SSSR count). The number of methoxy groups -OCH3 is 1. The number of carbonyl (C=O) groups is 1. The van der Waals surface area contributed by atoms with Crippen molar-refractivity contribution in [1.29, 1.82) is 0 Å². The molecule has 0 spiro atoms. The Morgan fingerprint density at radius 1 is 1.16 bits per heavy atom. The summed E-state index contributed by atoms with van der Waals surface area (Å²) in [5.74, 6) is -3.30. The fraction of sp³-hybridized carbons (Fsp3) is 0.0952. The number of ether oxygens (including phenoxy) is 2. The molecule has 2 aromatic carbocycles. The zero-order valence-electron chi connectivity index (χ0n) is 16.2. The number of sulfonamides is 1. The number of rotatable bonds is 3. The quantitative estimate of drug-likeness (QED) is 0.660. The highest BCUT2D eigenvalue weighted by atomic mass is 35.5. The smallest absolute Gasteiger partial charge is 0.338 e. The first-order valence-electron chi connectivity index (χ1n) is 8.67. The Balaban J connectivity index is 2.38. The van der Waals surface area contributed by atoms with Gasteiger partial charge in [-0.05, 0) is 29.3 Å². The van der Waals surface area contributed by atoms with E-state index in [1.54, 1.807) is 0 Å². The van der Waals surface area contributed by atoms with Gasteiger partial charge in [-0.25, -0.2) is 22.0 Å². The summed E-state index contributed by atoms with van der Waals surface area (Å²) in [6, 6.07) is 3.67. The largest absolute Gasteiger partial charge is 0.494 e. The van der Waals surface area contributed by atoms with Crippen LogP contribution in [0.15, 0.2) is 60.0 Å². The second kappa shape index (κ2) is 8.52. The van der Waals surface area contributed by atoms with E-state index in [2.05, 4.69) is 17.9 Å². The summed E-state index contributed by atoms with van der Waals surface area (Å²) in [4.78, 5) is 12.0. The monoisotopic (exact) mass is 467 g/mol. The SMILES string of the molecule is C=C/C1=C(\C=C)c2cc(c(F)cc2F)NS(=O)(=O)c2cc(cc(Cl)c2OC)C(=O)OC1. The molecule has 0 saturated carbocycles. The van der Waals surface area contributed by atoms with Gasteiger partial charge in [-0.2, -0.15) is 0 Å². The molecule has 1 aliphatic heterocycles. The molecule has 0 unspecified atom stereocenters. The highest BCUT2D eigenvalue weighted by molar-refractivity contribution is 7.92. The fourth-order valence-electron chi connectivity index (χ4n) is 3.00. The number of hydrogen-bond donors (Lipinski definition) is 1. The number of cyclic esters (lactones) is 1. The highest BCUT2D eigenvalue weighted by Crippen LogP contribution is 2.36. The third-order valence-electron chi connectivity index (χ3n) is 4.49. The van der Waals surface area contributed by atoms with Crippen LogP contribution in [0.4, 0.5) is 14.5 Å². The number of hydrogen-bond acceptors (Lipinski definition) is 5. The van der Waals surface area contributed by atoms with Crippen LogP contribution in [0.1, 0.15) is 15.9 Å². The lowest BCUT2D eigenvalue weighted by Gasteiger charge is -2.15. The zero-order chi connectivity index (χ0) is 22.9. The summed E-state index contributed by atoms with van der Waals surface area (Å²) in [7, 11) is -3.34. The number of esters is 1. The van der Waals surface area contributed by atoms with Crippen LogP contribution in [0.2, 0.25) is 5.02 Å². The summed E-state index contributed by atoms with van der Waals surface area (Å²) in [6.45, 7) is 6.90. The minimum atomic E-state index is -4.52. The molecule has 31 heavy (non-hydrogen) atoms. The van der Waals surface area contributed by atoms with Crippen molar-refractivity contribution in [3.63, 3.8) is 0 Å². The van der Waals surface area contributed by atoms with Gasteiger partial charge in [-0.3, -0.25) is 4.72 Å². The molecule has 2 aromatic rings. The fourth-order valence-corrected chi connectivity index (χ4v) is 4.63. The minimum absolute atomic E-state index is 0.141. The molecule has 0 aromatic heterocycles. The number of benzene rings is 2. The maximum atomic E-state index is 14.6. The Morgan fingerprint density at radius 3 is 2.48 bits per heavy atom. The molecule has 0 fully saturated rings. The van der Waals surface area contributed by atoms with Crippen molar-refractivity contribution in [2.75, 3.05) is 18.4 Å². The normalized spacial score (nSPS) is 17.9. The Hall–Kier alpha value is -3.17. The maximum absolute atomic E-state index is 14.6. The van der Waals surface area contributed by atoms with Gasteiger partial charge in [0, 0.05) is 11.6 Å². The Labute approximate surface area is 182 Å². The molecular weight excluding hydrogens is 452 g/mol. The van der Waals surface area contributed by atoms with E-state index in [1.807, 2.05) is 0 Å². The molecule has 0 saturated heterocycles. The topological polar surface area (TPSA) is 81.7 Å². The maximum Gasteiger partial charge on any atom is 0.338 e. The standard InChI is InChI=1S/C21H16ClF2NO5S/c1-4-11-10-30-21(26)12-6-15(22)20(29-3)19(7-12)31(27,28)25-18-8-14(13(11)5-2)16(23)9-17(18)24/h4-9,25H,1-2,10H2,3H3/b13-11-. The van der Waals surface area contributed by atoms with E-state index < -0.39 is 38.2 Å². The lowest BCUT2D eigenvalue weighted by Crippen LogP contribution is -2.17. The first-order chi connectivity index (χ1) is 14.6. The van der Waals surface area contributed by atoms with Gasteiger partial charge in [-0.15, -0.1) is 0 Å². The third-order valence-corrected chi connectivity index (χ3v) is 6.14. The van der Waals surface area contributed by atoms with E-state index in [1.165, 1.54) is 25.3 Å². The van der Waals surface area contributed by atoms with Gasteiger partial charge in [0.2, 0.25) is 0 Å². The molecule has 4 bridgehead atoms. The summed E-state index contributed by atoms with van der Waals surface area (Å²) in [5, 5.41) is -0.182. The van der Waals surface area contributed by atoms with Crippen LogP contribution >= 0.6 is 11.6 Å². The van der Waals surface area contributed by atoms with Gasteiger partial charge in [0.15, 0.2) is 5.75 Å². The second-order valence-electron chi connectivity index (χ2n) is 6.33. The van der Waals surface area contributed by atoms with E-state index in [9.17, 15) is 22.0 Å². The van der Waals surface area contributed by atoms with Crippen LogP contribution in [-0.2, 0) is 14.8 Å². The molecule has 1 N–H and O–H groups in total. The molecule has 10 heteroatoms. The number of fused-ring (bicyclic) bond motifs is 4. The van der Waals surface area contributed by atoms with Gasteiger partial charge < -0.3 is 9.47 Å². The van der Waals surface area contributed by atoms with Crippen molar-refractivity contribution in [3.05, 3.63) is 82.9 Å². The number of allylic oxidation sites excluding steroid dienone is 2. The molecule has 0 radical (unpaired) electrons. The van der Waals surface area contributed by atoms with Gasteiger partial charge in [0.05, 0.1) is 23.4 Å². The van der Waals surface area contributed by atoms with Crippen molar-refractivity contribution < 1.29 is 31.5 Å². The lowest BCUT2D eigenvalue weighted by atomic mass is 9.99. The summed E-state index contributed by atoms with van der Waals surface area (Å²) in [6.07, 6.45) is 2.59. The minimum Gasteiger partial charge on any atom is -0.494 e. The highest BCUT2D eigenvalue weighted by Gasteiger charge is 2.27. The first-order valence-corrected chi connectivity index (χ1v) is 10.5. The van der Waals surface area contributed by atoms with E-state index in [4.69, 9.17) is 21.1 Å². The molecular formula is C21H16ClF2NO5S. The molecule has 162 valence electrons. The molecule has 1 heterocycles. The molecule has 6 nitrogen and oxygen atoms in total. The van der Waals surface area contributed by atoms with Gasteiger partial charge >= 0.3 is 5.97 Å².